The zero-order valence-corrected chi connectivity index (χ0v) is 15.3. The van der Waals surface area contributed by atoms with E-state index in [4.69, 9.17) is 15.7 Å². The summed E-state index contributed by atoms with van der Waals surface area (Å²) in [7, 11) is 0. The van der Waals surface area contributed by atoms with Crippen LogP contribution in [-0.2, 0) is 12.8 Å². The Hall–Kier alpha value is -0.940. The Kier molecular flexibility index (Phi) is 9.32. The number of rotatable bonds is 7. The molecule has 0 saturated carbocycles. The summed E-state index contributed by atoms with van der Waals surface area (Å²) < 4.78 is 0. The summed E-state index contributed by atoms with van der Waals surface area (Å²) in [5.41, 5.74) is 10.6. The average molecular weight is 338 g/mol. The van der Waals surface area contributed by atoms with Gasteiger partial charge in [-0.3, -0.25) is 0 Å². The predicted molar refractivity (Wildman–Crippen MR) is 104 cm³/mol. The van der Waals surface area contributed by atoms with Gasteiger partial charge in [-0.1, -0.05) is 13.8 Å². The van der Waals surface area contributed by atoms with Crippen molar-refractivity contribution in [2.75, 3.05) is 17.2 Å². The van der Waals surface area contributed by atoms with Gasteiger partial charge in [0.2, 0.25) is 0 Å². The molecule has 0 bridgehead atoms. The highest BCUT2D eigenvalue weighted by Gasteiger charge is 2.09. The molecule has 0 unspecified atom stereocenters. The van der Waals surface area contributed by atoms with Crippen molar-refractivity contribution in [3.63, 3.8) is 0 Å². The van der Waals surface area contributed by atoms with Crippen LogP contribution in [0.25, 0.3) is 11.0 Å². The van der Waals surface area contributed by atoms with Crippen LogP contribution < -0.4 is 5.73 Å². The number of nitrogen functional groups attached to an aromatic ring is 1. The Morgan fingerprint density at radius 2 is 1.45 bits per heavy atom. The molecule has 0 fully saturated rings. The summed E-state index contributed by atoms with van der Waals surface area (Å²) in [6.45, 7) is 4.00. The standard InChI is InChI=1S/C15H21N3S2.C2H6/c16-11-6-7-14-15(10-11)18-12(4-1-2-8-19)13(17-14)5-3-9-20;1-2/h6-7,10,19-20H,1-5,8-9,16H2;1-2H3. The van der Waals surface area contributed by atoms with Crippen LogP contribution in [0.1, 0.15) is 44.5 Å². The highest BCUT2D eigenvalue weighted by Crippen LogP contribution is 2.18. The van der Waals surface area contributed by atoms with Crippen LogP contribution in [0.15, 0.2) is 18.2 Å². The monoisotopic (exact) mass is 337 g/mol. The van der Waals surface area contributed by atoms with Crippen molar-refractivity contribution in [2.45, 2.75) is 46.0 Å². The van der Waals surface area contributed by atoms with Gasteiger partial charge in [0, 0.05) is 5.69 Å². The number of nitrogens with two attached hydrogens (primary N) is 1. The summed E-state index contributed by atoms with van der Waals surface area (Å²) in [4.78, 5) is 9.53. The van der Waals surface area contributed by atoms with Crippen LogP contribution in [0.4, 0.5) is 5.69 Å². The number of benzene rings is 1. The van der Waals surface area contributed by atoms with Crippen molar-refractivity contribution in [1.82, 2.24) is 9.97 Å². The van der Waals surface area contributed by atoms with Gasteiger partial charge >= 0.3 is 0 Å². The van der Waals surface area contributed by atoms with Crippen molar-refractivity contribution in [3.05, 3.63) is 29.6 Å². The SMILES string of the molecule is CC.Nc1ccc2nc(CCCS)c(CCCCS)nc2c1. The third kappa shape index (κ3) is 5.69. The molecule has 2 rings (SSSR count). The largest absolute Gasteiger partial charge is 0.399 e. The minimum atomic E-state index is 0.733. The highest BCUT2D eigenvalue weighted by atomic mass is 32.1. The first-order valence-electron chi connectivity index (χ1n) is 8.01. The quantitative estimate of drug-likeness (QED) is 0.400. The summed E-state index contributed by atoms with van der Waals surface area (Å²) in [6.07, 6.45) is 5.12. The third-order valence-corrected chi connectivity index (χ3v) is 3.87. The van der Waals surface area contributed by atoms with Crippen LogP contribution in [0.3, 0.4) is 0 Å². The Balaban J connectivity index is 0.00000116. The molecule has 22 heavy (non-hydrogen) atoms. The average Bonchev–Trinajstić information content (AvgIpc) is 2.55. The summed E-state index contributed by atoms with van der Waals surface area (Å²) in [5, 5.41) is 0. The lowest BCUT2D eigenvalue weighted by Gasteiger charge is -2.10. The van der Waals surface area contributed by atoms with Crippen molar-refractivity contribution in [2.24, 2.45) is 0 Å². The molecule has 0 atom stereocenters. The maximum atomic E-state index is 5.83. The van der Waals surface area contributed by atoms with E-state index < -0.39 is 0 Å². The van der Waals surface area contributed by atoms with Crippen molar-refractivity contribution < 1.29 is 0 Å². The molecule has 0 aliphatic rings. The molecule has 0 aliphatic carbocycles. The van der Waals surface area contributed by atoms with Crippen molar-refractivity contribution in [1.29, 1.82) is 0 Å². The van der Waals surface area contributed by atoms with Gasteiger partial charge in [0.25, 0.3) is 0 Å². The molecule has 2 N–H and O–H groups in total. The molecular formula is C17H27N3S2. The first kappa shape index (κ1) is 19.1. The molecule has 1 aromatic carbocycles. The Morgan fingerprint density at radius 1 is 0.864 bits per heavy atom. The third-order valence-electron chi connectivity index (χ3n) is 3.24. The number of unbranched alkanes of at least 4 members (excludes halogenated alkanes) is 1. The molecule has 0 radical (unpaired) electrons. The maximum absolute atomic E-state index is 5.83. The number of hydrogen-bond acceptors (Lipinski definition) is 5. The molecule has 5 heteroatoms. The summed E-state index contributed by atoms with van der Waals surface area (Å²) in [5.74, 6) is 1.79. The highest BCUT2D eigenvalue weighted by molar-refractivity contribution is 7.80. The van der Waals surface area contributed by atoms with Gasteiger partial charge in [0.15, 0.2) is 0 Å². The van der Waals surface area contributed by atoms with E-state index in [0.29, 0.717) is 0 Å². The van der Waals surface area contributed by atoms with Gasteiger partial charge < -0.3 is 5.73 Å². The lowest BCUT2D eigenvalue weighted by Crippen LogP contribution is -2.04. The number of hydrogen-bond donors (Lipinski definition) is 3. The number of thiol groups is 2. The minimum absolute atomic E-state index is 0.733. The number of aromatic nitrogens is 2. The van der Waals surface area contributed by atoms with E-state index in [1.807, 2.05) is 32.0 Å². The Labute approximate surface area is 144 Å². The molecule has 122 valence electrons. The Morgan fingerprint density at radius 3 is 2.09 bits per heavy atom. The molecule has 3 nitrogen and oxygen atoms in total. The molecule has 1 aromatic heterocycles. The number of aryl methyl sites for hydroxylation is 2. The first-order valence-corrected chi connectivity index (χ1v) is 9.28. The van der Waals surface area contributed by atoms with Crippen LogP contribution >= 0.6 is 25.3 Å². The number of anilines is 1. The van der Waals surface area contributed by atoms with Gasteiger partial charge in [-0.2, -0.15) is 25.3 Å². The zero-order valence-electron chi connectivity index (χ0n) is 13.5. The second-order valence-electron chi connectivity index (χ2n) is 4.87. The van der Waals surface area contributed by atoms with E-state index in [2.05, 4.69) is 25.3 Å². The molecule has 0 amide bonds. The van der Waals surface area contributed by atoms with Crippen molar-refractivity contribution >= 4 is 42.0 Å². The minimum Gasteiger partial charge on any atom is -0.399 e. The molecular weight excluding hydrogens is 310 g/mol. The lowest BCUT2D eigenvalue weighted by atomic mass is 10.1. The molecule has 0 spiro atoms. The second kappa shape index (κ2) is 10.7. The predicted octanol–water partition coefficient (Wildman–Crippen LogP) is 4.35. The Bertz CT molecular complexity index is 573. The zero-order chi connectivity index (χ0) is 16.4. The van der Waals surface area contributed by atoms with Gasteiger partial charge in [-0.25, -0.2) is 9.97 Å². The first-order chi connectivity index (χ1) is 10.7. The number of nitrogens with zero attached hydrogens (tertiary/aromatic N) is 2. The van der Waals surface area contributed by atoms with Crippen LogP contribution in [0.2, 0.25) is 0 Å². The smallest absolute Gasteiger partial charge is 0.0910 e. The molecule has 0 aliphatic heterocycles. The summed E-state index contributed by atoms with van der Waals surface area (Å²) >= 11 is 8.54. The van der Waals surface area contributed by atoms with Gasteiger partial charge in [-0.15, -0.1) is 0 Å². The van der Waals surface area contributed by atoms with E-state index in [9.17, 15) is 0 Å². The second-order valence-corrected chi connectivity index (χ2v) is 5.77. The fraction of sp³-hybridized carbons (Fsp3) is 0.529. The lowest BCUT2D eigenvalue weighted by molar-refractivity contribution is 0.758. The van der Waals surface area contributed by atoms with Crippen LogP contribution in [0.5, 0.6) is 0 Å². The van der Waals surface area contributed by atoms with E-state index >= 15 is 0 Å². The van der Waals surface area contributed by atoms with Crippen LogP contribution in [-0.4, -0.2) is 21.5 Å². The van der Waals surface area contributed by atoms with Gasteiger partial charge in [-0.05, 0) is 61.8 Å². The van der Waals surface area contributed by atoms with E-state index in [1.54, 1.807) is 0 Å². The van der Waals surface area contributed by atoms with Crippen LogP contribution in [0, 0.1) is 0 Å². The van der Waals surface area contributed by atoms with E-state index in [-0.39, 0.29) is 0 Å². The van der Waals surface area contributed by atoms with E-state index in [1.165, 1.54) is 0 Å². The van der Waals surface area contributed by atoms with E-state index in [0.717, 1.165) is 71.7 Å². The fourth-order valence-corrected chi connectivity index (χ4v) is 2.58. The topological polar surface area (TPSA) is 51.8 Å². The molecule has 0 saturated heterocycles. The fourth-order valence-electron chi connectivity index (χ4n) is 2.20. The summed E-state index contributed by atoms with van der Waals surface area (Å²) in [6, 6.07) is 5.71. The molecule has 2 aromatic rings. The van der Waals surface area contributed by atoms with Crippen molar-refractivity contribution in [3.8, 4) is 0 Å². The van der Waals surface area contributed by atoms with Gasteiger partial charge in [0.05, 0.1) is 22.4 Å². The molecule has 1 heterocycles. The van der Waals surface area contributed by atoms with Gasteiger partial charge in [0.1, 0.15) is 0 Å². The normalized spacial score (nSPS) is 10.4. The number of fused-ring (bicyclic) bond motifs is 1. The maximum Gasteiger partial charge on any atom is 0.0910 e.